The van der Waals surface area contributed by atoms with Gasteiger partial charge < -0.3 is 14.1 Å². The molecule has 26 heavy (non-hydrogen) atoms. The smallest absolute Gasteiger partial charge is 0.247 e. The molecule has 1 aromatic carbocycles. The molecule has 0 N–H and O–H groups in total. The van der Waals surface area contributed by atoms with Crippen molar-refractivity contribution in [2.45, 2.75) is 6.54 Å². The number of nitrogens with zero attached hydrogens (tertiary/aromatic N) is 6. The summed E-state index contributed by atoms with van der Waals surface area (Å²) in [5, 5.41) is 8.33. The molecule has 0 saturated carbocycles. The summed E-state index contributed by atoms with van der Waals surface area (Å²) in [6.45, 7) is 4.20. The molecule has 0 radical (unpaired) electrons. The maximum atomic E-state index is 5.81. The Bertz CT molecular complexity index is 828. The molecule has 1 aliphatic rings. The first-order valence-corrected chi connectivity index (χ1v) is 8.53. The fourth-order valence-corrected chi connectivity index (χ4v) is 2.92. The zero-order valence-electron chi connectivity index (χ0n) is 14.6. The Morgan fingerprint density at radius 2 is 1.73 bits per heavy atom. The van der Waals surface area contributed by atoms with Crippen molar-refractivity contribution in [2.75, 3.05) is 38.2 Å². The minimum Gasteiger partial charge on any atom is -0.497 e. The third kappa shape index (κ3) is 3.65. The number of aromatic nitrogens is 4. The largest absolute Gasteiger partial charge is 0.497 e. The first-order chi connectivity index (χ1) is 12.8. The summed E-state index contributed by atoms with van der Waals surface area (Å²) in [5.74, 6) is 2.74. The Labute approximate surface area is 151 Å². The molecule has 2 aromatic heterocycles. The minimum absolute atomic E-state index is 0.527. The van der Waals surface area contributed by atoms with Gasteiger partial charge in [0.1, 0.15) is 5.75 Å². The number of piperazine rings is 1. The average molecular weight is 352 g/mol. The second kappa shape index (κ2) is 7.49. The van der Waals surface area contributed by atoms with Gasteiger partial charge in [-0.05, 0) is 30.3 Å². The van der Waals surface area contributed by atoms with Crippen LogP contribution in [0, 0.1) is 0 Å². The van der Waals surface area contributed by atoms with Crippen LogP contribution in [0.3, 0.4) is 0 Å². The summed E-state index contributed by atoms with van der Waals surface area (Å²) in [6, 6.07) is 9.41. The molecular formula is C18H20N6O2. The van der Waals surface area contributed by atoms with E-state index in [9.17, 15) is 0 Å². The van der Waals surface area contributed by atoms with E-state index in [-0.39, 0.29) is 0 Å². The average Bonchev–Trinajstić information content (AvgIpc) is 3.18. The summed E-state index contributed by atoms with van der Waals surface area (Å²) in [4.78, 5) is 13.1. The molecule has 3 heterocycles. The van der Waals surface area contributed by atoms with Crippen molar-refractivity contribution in [1.29, 1.82) is 0 Å². The van der Waals surface area contributed by atoms with E-state index >= 15 is 0 Å². The highest BCUT2D eigenvalue weighted by molar-refractivity contribution is 5.53. The third-order valence-corrected chi connectivity index (χ3v) is 4.37. The minimum atomic E-state index is 0.527. The lowest BCUT2D eigenvalue weighted by atomic mass is 10.2. The number of methoxy groups -OCH3 is 1. The van der Waals surface area contributed by atoms with Crippen LogP contribution in [-0.2, 0) is 6.54 Å². The van der Waals surface area contributed by atoms with E-state index in [1.54, 1.807) is 19.5 Å². The number of hydrogen-bond donors (Lipinski definition) is 0. The lowest BCUT2D eigenvalue weighted by Crippen LogP contribution is -2.46. The fourth-order valence-electron chi connectivity index (χ4n) is 2.92. The monoisotopic (exact) mass is 352 g/mol. The van der Waals surface area contributed by atoms with Crippen LogP contribution in [-0.4, -0.2) is 58.4 Å². The van der Waals surface area contributed by atoms with Crippen molar-refractivity contribution < 1.29 is 9.15 Å². The predicted molar refractivity (Wildman–Crippen MR) is 95.8 cm³/mol. The van der Waals surface area contributed by atoms with Crippen LogP contribution < -0.4 is 9.64 Å². The van der Waals surface area contributed by atoms with E-state index in [1.165, 1.54) is 0 Å². The normalized spacial score (nSPS) is 15.2. The van der Waals surface area contributed by atoms with Crippen LogP contribution in [0.4, 0.5) is 5.95 Å². The SMILES string of the molecule is COc1ccc(-c2nnc(CN3CCN(c4ncccn4)CC3)o2)cc1. The quantitative estimate of drug-likeness (QED) is 0.688. The van der Waals surface area contributed by atoms with Crippen molar-refractivity contribution in [3.63, 3.8) is 0 Å². The van der Waals surface area contributed by atoms with E-state index in [0.29, 0.717) is 18.3 Å². The molecule has 8 nitrogen and oxygen atoms in total. The van der Waals surface area contributed by atoms with E-state index in [1.807, 2.05) is 30.3 Å². The molecule has 0 atom stereocenters. The van der Waals surface area contributed by atoms with Crippen LogP contribution in [0.2, 0.25) is 0 Å². The summed E-state index contributed by atoms with van der Waals surface area (Å²) in [5.41, 5.74) is 0.885. The predicted octanol–water partition coefficient (Wildman–Crippen LogP) is 1.86. The second-order valence-corrected chi connectivity index (χ2v) is 6.04. The maximum absolute atomic E-state index is 5.81. The lowest BCUT2D eigenvalue weighted by molar-refractivity contribution is 0.226. The van der Waals surface area contributed by atoms with E-state index in [2.05, 4.69) is 30.0 Å². The van der Waals surface area contributed by atoms with Crippen molar-refractivity contribution in [3.8, 4) is 17.2 Å². The maximum Gasteiger partial charge on any atom is 0.247 e. The van der Waals surface area contributed by atoms with Gasteiger partial charge in [0.25, 0.3) is 0 Å². The van der Waals surface area contributed by atoms with Crippen LogP contribution in [0.1, 0.15) is 5.89 Å². The Morgan fingerprint density at radius 1 is 1.00 bits per heavy atom. The van der Waals surface area contributed by atoms with Crippen molar-refractivity contribution in [1.82, 2.24) is 25.1 Å². The third-order valence-electron chi connectivity index (χ3n) is 4.37. The Balaban J connectivity index is 1.35. The van der Waals surface area contributed by atoms with Gasteiger partial charge in [0.15, 0.2) is 0 Å². The molecule has 3 aromatic rings. The van der Waals surface area contributed by atoms with Crippen LogP contribution in [0.5, 0.6) is 5.75 Å². The number of ether oxygens (including phenoxy) is 1. The zero-order chi connectivity index (χ0) is 17.8. The molecule has 134 valence electrons. The van der Waals surface area contributed by atoms with Gasteiger partial charge in [-0.2, -0.15) is 0 Å². The van der Waals surface area contributed by atoms with Gasteiger partial charge in [0.05, 0.1) is 13.7 Å². The summed E-state index contributed by atoms with van der Waals surface area (Å²) in [7, 11) is 1.64. The molecule has 0 spiro atoms. The molecule has 4 rings (SSSR count). The van der Waals surface area contributed by atoms with Crippen LogP contribution in [0.15, 0.2) is 47.1 Å². The molecule has 1 fully saturated rings. The number of rotatable bonds is 5. The van der Waals surface area contributed by atoms with Gasteiger partial charge in [-0.15, -0.1) is 10.2 Å². The van der Waals surface area contributed by atoms with Gasteiger partial charge in [-0.1, -0.05) is 0 Å². The first-order valence-electron chi connectivity index (χ1n) is 8.53. The molecule has 0 unspecified atom stereocenters. The highest BCUT2D eigenvalue weighted by Gasteiger charge is 2.20. The summed E-state index contributed by atoms with van der Waals surface area (Å²) in [6.07, 6.45) is 3.54. The molecule has 0 bridgehead atoms. The topological polar surface area (TPSA) is 80.4 Å². The molecule has 8 heteroatoms. The second-order valence-electron chi connectivity index (χ2n) is 6.04. The van der Waals surface area contributed by atoms with Gasteiger partial charge in [-0.3, -0.25) is 4.90 Å². The summed E-state index contributed by atoms with van der Waals surface area (Å²) < 4.78 is 11.0. The molecular weight excluding hydrogens is 332 g/mol. The van der Waals surface area contributed by atoms with Gasteiger partial charge in [-0.25, -0.2) is 9.97 Å². The molecule has 0 aliphatic carbocycles. The standard InChI is InChI=1S/C18H20N6O2/c1-25-15-5-3-14(4-6-15)17-22-21-16(26-17)13-23-9-11-24(12-10-23)18-19-7-2-8-20-18/h2-8H,9-13H2,1H3. The van der Waals surface area contributed by atoms with E-state index < -0.39 is 0 Å². The molecule has 1 aliphatic heterocycles. The van der Waals surface area contributed by atoms with Crippen molar-refractivity contribution in [2.24, 2.45) is 0 Å². The van der Waals surface area contributed by atoms with E-state index in [4.69, 9.17) is 9.15 Å². The van der Waals surface area contributed by atoms with Gasteiger partial charge >= 0.3 is 0 Å². The Hall–Kier alpha value is -3.00. The zero-order valence-corrected chi connectivity index (χ0v) is 14.6. The van der Waals surface area contributed by atoms with Crippen molar-refractivity contribution >= 4 is 5.95 Å². The fraction of sp³-hybridized carbons (Fsp3) is 0.333. The Morgan fingerprint density at radius 3 is 2.42 bits per heavy atom. The molecule has 1 saturated heterocycles. The van der Waals surface area contributed by atoms with Crippen LogP contribution in [0.25, 0.3) is 11.5 Å². The highest BCUT2D eigenvalue weighted by Crippen LogP contribution is 2.21. The van der Waals surface area contributed by atoms with Crippen LogP contribution >= 0.6 is 0 Å². The Kier molecular flexibility index (Phi) is 4.74. The van der Waals surface area contributed by atoms with Crippen molar-refractivity contribution in [3.05, 3.63) is 48.6 Å². The lowest BCUT2D eigenvalue weighted by Gasteiger charge is -2.33. The summed E-state index contributed by atoms with van der Waals surface area (Å²) >= 11 is 0. The highest BCUT2D eigenvalue weighted by atomic mass is 16.5. The number of benzene rings is 1. The first kappa shape index (κ1) is 16.5. The number of anilines is 1. The van der Waals surface area contributed by atoms with Gasteiger partial charge in [0.2, 0.25) is 17.7 Å². The molecule has 0 amide bonds. The van der Waals surface area contributed by atoms with E-state index in [0.717, 1.165) is 43.4 Å². The van der Waals surface area contributed by atoms with Gasteiger partial charge in [0, 0.05) is 44.1 Å². The number of hydrogen-bond acceptors (Lipinski definition) is 8.